The predicted octanol–water partition coefficient (Wildman–Crippen LogP) is 3.38. The van der Waals surface area contributed by atoms with Crippen LogP contribution >= 0.6 is 11.6 Å². The second-order valence-electron chi connectivity index (χ2n) is 5.95. The molecular weight excluding hydrogens is 399 g/mol. The third kappa shape index (κ3) is 4.75. The molecule has 2 aromatic carbocycles. The van der Waals surface area contributed by atoms with E-state index in [0.29, 0.717) is 45.8 Å². The molecule has 0 spiro atoms. The number of halogens is 2. The number of aromatic nitrogens is 3. The molecule has 10 heteroatoms. The first-order valence-corrected chi connectivity index (χ1v) is 9.13. The van der Waals surface area contributed by atoms with Gasteiger partial charge in [-0.25, -0.2) is 14.5 Å². The van der Waals surface area contributed by atoms with E-state index in [1.807, 2.05) is 6.92 Å². The van der Waals surface area contributed by atoms with Gasteiger partial charge in [-0.15, -0.1) is 10.2 Å². The number of nitrogen functional groups attached to an aromatic ring is 1. The lowest BCUT2D eigenvalue weighted by molar-refractivity contribution is 0.280. The van der Waals surface area contributed by atoms with E-state index < -0.39 is 0 Å². The van der Waals surface area contributed by atoms with Gasteiger partial charge in [-0.1, -0.05) is 36.7 Å². The minimum absolute atomic E-state index is 0.0175. The van der Waals surface area contributed by atoms with Crippen molar-refractivity contribution in [3.63, 3.8) is 0 Å². The van der Waals surface area contributed by atoms with Crippen LogP contribution in [-0.2, 0) is 13.0 Å². The quantitative estimate of drug-likeness (QED) is 0.330. The lowest BCUT2D eigenvalue weighted by Gasteiger charge is -2.13. The molecule has 8 nitrogen and oxygen atoms in total. The Kier molecular flexibility index (Phi) is 6.50. The van der Waals surface area contributed by atoms with Crippen molar-refractivity contribution in [2.24, 2.45) is 5.10 Å². The highest BCUT2D eigenvalue weighted by Gasteiger charge is 2.13. The molecule has 29 heavy (non-hydrogen) atoms. The highest BCUT2D eigenvalue weighted by molar-refractivity contribution is 6.32. The summed E-state index contributed by atoms with van der Waals surface area (Å²) in [6.45, 7) is 1.94. The molecule has 0 saturated heterocycles. The molecule has 3 aromatic rings. The Hall–Kier alpha value is -3.33. The van der Waals surface area contributed by atoms with Crippen LogP contribution in [0.1, 0.15) is 23.9 Å². The third-order valence-electron chi connectivity index (χ3n) is 4.04. The Morgan fingerprint density at radius 3 is 2.79 bits per heavy atom. The van der Waals surface area contributed by atoms with Gasteiger partial charge in [0.1, 0.15) is 12.4 Å². The van der Waals surface area contributed by atoms with Crippen molar-refractivity contribution in [2.45, 2.75) is 20.0 Å². The summed E-state index contributed by atoms with van der Waals surface area (Å²) in [4.78, 5) is 0. The van der Waals surface area contributed by atoms with Crippen LogP contribution in [0.15, 0.2) is 41.5 Å². The largest absolute Gasteiger partial charge is 0.493 e. The Bertz CT molecular complexity index is 1020. The topological polar surface area (TPSA) is 99.6 Å². The number of hydrogen-bond donors (Lipinski definition) is 2. The molecule has 1 aromatic heterocycles. The number of aryl methyl sites for hydroxylation is 1. The third-order valence-corrected chi connectivity index (χ3v) is 4.32. The van der Waals surface area contributed by atoms with Crippen molar-refractivity contribution in [2.75, 3.05) is 18.4 Å². The fourth-order valence-electron chi connectivity index (χ4n) is 2.53. The van der Waals surface area contributed by atoms with E-state index in [-0.39, 0.29) is 12.4 Å². The first kappa shape index (κ1) is 20.4. The Morgan fingerprint density at radius 1 is 1.31 bits per heavy atom. The average molecular weight is 419 g/mol. The number of nitrogens with zero attached hydrogens (tertiary/aromatic N) is 4. The first-order chi connectivity index (χ1) is 14.0. The van der Waals surface area contributed by atoms with Crippen molar-refractivity contribution in [3.05, 3.63) is 64.2 Å². The summed E-state index contributed by atoms with van der Waals surface area (Å²) in [6.07, 6.45) is 2.17. The summed E-state index contributed by atoms with van der Waals surface area (Å²) in [5.74, 6) is 7.14. The number of nitrogens with one attached hydrogen (secondary N) is 1. The summed E-state index contributed by atoms with van der Waals surface area (Å²) in [5, 5.41) is 12.2. The van der Waals surface area contributed by atoms with Crippen LogP contribution in [0.25, 0.3) is 0 Å². The normalized spacial score (nSPS) is 11.0. The molecule has 0 bridgehead atoms. The second-order valence-corrected chi connectivity index (χ2v) is 6.35. The van der Waals surface area contributed by atoms with Gasteiger partial charge < -0.3 is 15.3 Å². The molecule has 0 atom stereocenters. The lowest BCUT2D eigenvalue weighted by Crippen LogP contribution is -2.14. The first-order valence-electron chi connectivity index (χ1n) is 8.75. The summed E-state index contributed by atoms with van der Waals surface area (Å²) in [7, 11) is 1.49. The van der Waals surface area contributed by atoms with Crippen LogP contribution in [0.5, 0.6) is 11.5 Å². The van der Waals surface area contributed by atoms with Crippen LogP contribution in [0.2, 0.25) is 5.02 Å². The molecule has 1 heterocycles. The highest BCUT2D eigenvalue weighted by atomic mass is 35.5. The number of ether oxygens (including phenoxy) is 2. The summed E-state index contributed by atoms with van der Waals surface area (Å²) in [6, 6.07) is 9.71. The molecular formula is C19H20ClFN6O2. The van der Waals surface area contributed by atoms with Crippen LogP contribution in [0.3, 0.4) is 0 Å². The molecule has 0 saturated carbocycles. The molecule has 0 radical (unpaired) electrons. The van der Waals surface area contributed by atoms with E-state index in [4.69, 9.17) is 26.9 Å². The highest BCUT2D eigenvalue weighted by Crippen LogP contribution is 2.36. The van der Waals surface area contributed by atoms with Gasteiger partial charge in [0, 0.05) is 12.0 Å². The Morgan fingerprint density at radius 2 is 2.10 bits per heavy atom. The second kappa shape index (κ2) is 9.24. The number of nitrogens with two attached hydrogens (primary N) is 1. The Balaban J connectivity index is 1.73. The van der Waals surface area contributed by atoms with Gasteiger partial charge in [-0.05, 0) is 23.8 Å². The average Bonchev–Trinajstić information content (AvgIpc) is 3.07. The van der Waals surface area contributed by atoms with Crippen LogP contribution < -0.4 is 20.7 Å². The lowest BCUT2D eigenvalue weighted by atomic mass is 10.2. The maximum atomic E-state index is 13.8. The summed E-state index contributed by atoms with van der Waals surface area (Å²) in [5.41, 5.74) is 3.78. The van der Waals surface area contributed by atoms with E-state index in [0.717, 1.165) is 0 Å². The number of anilines is 1. The number of rotatable bonds is 8. The summed E-state index contributed by atoms with van der Waals surface area (Å²) < 4.78 is 26.2. The van der Waals surface area contributed by atoms with Crippen LogP contribution in [0.4, 0.5) is 10.3 Å². The van der Waals surface area contributed by atoms with E-state index >= 15 is 0 Å². The molecule has 0 amide bonds. The standard InChI is InChI=1S/C19H20ClFN6O2/c1-3-17-24-26-19(27(17)22)25-23-10-12-8-14(20)18(16(9-12)28-2)29-11-13-6-4-5-7-15(13)21/h4-10H,3,11,22H2,1-2H3,(H,25,26). The van der Waals surface area contributed by atoms with E-state index in [1.165, 1.54) is 24.1 Å². The zero-order valence-electron chi connectivity index (χ0n) is 15.9. The molecule has 0 aliphatic carbocycles. The zero-order valence-corrected chi connectivity index (χ0v) is 16.7. The molecule has 0 aliphatic rings. The van der Waals surface area contributed by atoms with Gasteiger partial charge >= 0.3 is 0 Å². The summed E-state index contributed by atoms with van der Waals surface area (Å²) >= 11 is 6.34. The monoisotopic (exact) mass is 418 g/mol. The minimum atomic E-state index is -0.351. The molecule has 152 valence electrons. The molecule has 0 aliphatic heterocycles. The van der Waals surface area contributed by atoms with Crippen molar-refractivity contribution in [3.8, 4) is 11.5 Å². The fraction of sp³-hybridized carbons (Fsp3) is 0.211. The van der Waals surface area contributed by atoms with Gasteiger partial charge in [-0.3, -0.25) is 0 Å². The molecule has 3 N–H and O–H groups in total. The SMILES string of the molecule is CCc1nnc(NN=Cc2cc(Cl)c(OCc3ccccc3F)c(OC)c2)n1N. The Labute approximate surface area is 172 Å². The van der Waals surface area contributed by atoms with Gasteiger partial charge in [0.15, 0.2) is 17.3 Å². The zero-order chi connectivity index (χ0) is 20.8. The molecule has 0 fully saturated rings. The van der Waals surface area contributed by atoms with Crippen LogP contribution in [0, 0.1) is 5.82 Å². The van der Waals surface area contributed by atoms with Crippen molar-refractivity contribution in [1.82, 2.24) is 14.9 Å². The number of hydrogen-bond acceptors (Lipinski definition) is 7. The van der Waals surface area contributed by atoms with Gasteiger partial charge in [-0.2, -0.15) is 5.10 Å². The smallest absolute Gasteiger partial charge is 0.263 e. The number of methoxy groups -OCH3 is 1. The van der Waals surface area contributed by atoms with E-state index in [9.17, 15) is 4.39 Å². The number of benzene rings is 2. The fourth-order valence-corrected chi connectivity index (χ4v) is 2.80. The van der Waals surface area contributed by atoms with Gasteiger partial charge in [0.2, 0.25) is 0 Å². The van der Waals surface area contributed by atoms with Gasteiger partial charge in [0.25, 0.3) is 5.95 Å². The maximum absolute atomic E-state index is 13.8. The predicted molar refractivity (Wildman–Crippen MR) is 110 cm³/mol. The maximum Gasteiger partial charge on any atom is 0.263 e. The van der Waals surface area contributed by atoms with Crippen molar-refractivity contribution >= 4 is 23.8 Å². The van der Waals surface area contributed by atoms with Crippen molar-refractivity contribution in [1.29, 1.82) is 0 Å². The van der Waals surface area contributed by atoms with Crippen molar-refractivity contribution < 1.29 is 13.9 Å². The van der Waals surface area contributed by atoms with E-state index in [2.05, 4.69) is 20.7 Å². The number of hydrazone groups is 1. The molecule has 0 unspecified atom stereocenters. The van der Waals surface area contributed by atoms with Gasteiger partial charge in [0.05, 0.1) is 18.3 Å². The molecule has 3 rings (SSSR count). The van der Waals surface area contributed by atoms with Crippen LogP contribution in [-0.4, -0.2) is 28.2 Å². The van der Waals surface area contributed by atoms with E-state index in [1.54, 1.807) is 30.3 Å². The minimum Gasteiger partial charge on any atom is -0.493 e.